The van der Waals surface area contributed by atoms with Gasteiger partial charge in [0.15, 0.2) is 11.5 Å². The van der Waals surface area contributed by atoms with Crippen molar-refractivity contribution < 1.29 is 31.5 Å². The number of hydrogen-bond donors (Lipinski definition) is 1. The van der Waals surface area contributed by atoms with E-state index in [1.54, 1.807) is 0 Å². The van der Waals surface area contributed by atoms with Crippen molar-refractivity contribution in [2.45, 2.75) is 4.90 Å². The molecule has 4 rings (SSSR count). The Labute approximate surface area is 183 Å². The number of hydrogen-bond acceptors (Lipinski definition) is 5. The number of nitrogens with one attached hydrogen (secondary N) is 1. The number of carbonyl (C=O) groups excluding carboxylic acids is 1. The van der Waals surface area contributed by atoms with Crippen LogP contribution in [0.2, 0.25) is 0 Å². The summed E-state index contributed by atoms with van der Waals surface area (Å²) >= 11 is 0. The first-order valence-electron chi connectivity index (χ1n) is 9.56. The Morgan fingerprint density at radius 3 is 2.34 bits per heavy atom. The van der Waals surface area contributed by atoms with Crippen molar-refractivity contribution in [3.8, 4) is 11.5 Å². The van der Waals surface area contributed by atoms with Crippen LogP contribution in [0.3, 0.4) is 0 Å². The van der Waals surface area contributed by atoms with Gasteiger partial charge in [0.1, 0.15) is 31.4 Å². The van der Waals surface area contributed by atoms with Gasteiger partial charge in [-0.2, -0.15) is 0 Å². The molecule has 0 radical (unpaired) electrons. The van der Waals surface area contributed by atoms with E-state index >= 15 is 0 Å². The Balaban J connectivity index is 1.67. The number of anilines is 2. The zero-order valence-corrected chi connectivity index (χ0v) is 17.4. The first kappa shape index (κ1) is 21.6. The van der Waals surface area contributed by atoms with E-state index in [1.807, 2.05) is 0 Å². The van der Waals surface area contributed by atoms with Gasteiger partial charge in [0.05, 0.1) is 10.6 Å². The highest BCUT2D eigenvalue weighted by molar-refractivity contribution is 7.92. The zero-order chi connectivity index (χ0) is 22.7. The molecule has 1 aliphatic rings. The summed E-state index contributed by atoms with van der Waals surface area (Å²) in [7, 11) is -4.29. The lowest BCUT2D eigenvalue weighted by Crippen LogP contribution is -2.38. The molecule has 0 bridgehead atoms. The third kappa shape index (κ3) is 4.65. The molecular weight excluding hydrogens is 442 g/mol. The summed E-state index contributed by atoms with van der Waals surface area (Å²) in [6.07, 6.45) is 0. The number of halogens is 2. The molecule has 1 amide bonds. The minimum Gasteiger partial charge on any atom is -0.486 e. The van der Waals surface area contributed by atoms with Gasteiger partial charge in [-0.05, 0) is 54.6 Å². The third-order valence-corrected chi connectivity index (χ3v) is 6.38. The van der Waals surface area contributed by atoms with Gasteiger partial charge in [-0.15, -0.1) is 0 Å². The molecule has 32 heavy (non-hydrogen) atoms. The lowest BCUT2D eigenvalue weighted by molar-refractivity contribution is -0.114. The van der Waals surface area contributed by atoms with Gasteiger partial charge in [0.2, 0.25) is 5.91 Å². The van der Waals surface area contributed by atoms with Gasteiger partial charge in [0, 0.05) is 11.8 Å². The lowest BCUT2D eigenvalue weighted by Gasteiger charge is -2.25. The molecule has 0 atom stereocenters. The fourth-order valence-electron chi connectivity index (χ4n) is 3.12. The predicted molar refractivity (Wildman–Crippen MR) is 113 cm³/mol. The topological polar surface area (TPSA) is 84.9 Å². The number of sulfonamides is 1. The number of fused-ring (bicyclic) bond motifs is 1. The van der Waals surface area contributed by atoms with Crippen molar-refractivity contribution in [2.24, 2.45) is 0 Å². The number of ether oxygens (including phenoxy) is 2. The highest BCUT2D eigenvalue weighted by Gasteiger charge is 2.29. The summed E-state index contributed by atoms with van der Waals surface area (Å²) in [5.74, 6) is -1.18. The number of amides is 1. The van der Waals surface area contributed by atoms with Crippen LogP contribution in [0.5, 0.6) is 11.5 Å². The van der Waals surface area contributed by atoms with E-state index in [2.05, 4.69) is 5.32 Å². The van der Waals surface area contributed by atoms with Crippen molar-refractivity contribution in [1.82, 2.24) is 0 Å². The maximum atomic E-state index is 13.9. The molecular formula is C22H18F2N2O5S. The minimum absolute atomic E-state index is 0.0332. The molecule has 166 valence electrons. The molecule has 1 heterocycles. The molecule has 0 unspecified atom stereocenters. The molecule has 0 aromatic heterocycles. The SMILES string of the molecule is O=C(CN(c1cccc(F)c1)S(=O)(=O)c1ccc2c(c1)OCCO2)Nc1ccc(F)cc1. The molecule has 0 spiro atoms. The Morgan fingerprint density at radius 1 is 0.906 bits per heavy atom. The lowest BCUT2D eigenvalue weighted by atomic mass is 10.3. The summed E-state index contributed by atoms with van der Waals surface area (Å²) in [5, 5.41) is 2.51. The van der Waals surface area contributed by atoms with Crippen LogP contribution in [0.1, 0.15) is 0 Å². The molecule has 0 fully saturated rings. The minimum atomic E-state index is -4.29. The highest BCUT2D eigenvalue weighted by atomic mass is 32.2. The summed E-state index contributed by atoms with van der Waals surface area (Å²) in [4.78, 5) is 12.5. The van der Waals surface area contributed by atoms with E-state index in [0.29, 0.717) is 12.4 Å². The molecule has 1 aliphatic heterocycles. The van der Waals surface area contributed by atoms with Crippen LogP contribution in [0, 0.1) is 11.6 Å². The number of rotatable bonds is 6. The van der Waals surface area contributed by atoms with Crippen molar-refractivity contribution in [1.29, 1.82) is 0 Å². The van der Waals surface area contributed by atoms with Gasteiger partial charge in [-0.3, -0.25) is 9.10 Å². The van der Waals surface area contributed by atoms with Crippen LogP contribution in [-0.4, -0.2) is 34.1 Å². The summed E-state index contributed by atoms with van der Waals surface area (Å²) < 4.78 is 65.5. The van der Waals surface area contributed by atoms with Crippen LogP contribution in [-0.2, 0) is 14.8 Å². The predicted octanol–water partition coefficient (Wildman–Crippen LogP) is 3.57. The average molecular weight is 460 g/mol. The fraction of sp³-hybridized carbons (Fsp3) is 0.136. The van der Waals surface area contributed by atoms with Gasteiger partial charge in [0.25, 0.3) is 10.0 Å². The summed E-state index contributed by atoms with van der Waals surface area (Å²) in [6, 6.07) is 14.0. The normalized spacial score (nSPS) is 12.8. The number of nitrogens with zero attached hydrogens (tertiary/aromatic N) is 1. The second-order valence-corrected chi connectivity index (χ2v) is 8.71. The first-order chi connectivity index (χ1) is 15.3. The Kier molecular flexibility index (Phi) is 5.95. The van der Waals surface area contributed by atoms with Gasteiger partial charge >= 0.3 is 0 Å². The second-order valence-electron chi connectivity index (χ2n) is 6.85. The van der Waals surface area contributed by atoms with E-state index in [4.69, 9.17) is 9.47 Å². The number of carbonyl (C=O) groups is 1. The van der Waals surface area contributed by atoms with Crippen molar-refractivity contribution >= 4 is 27.3 Å². The van der Waals surface area contributed by atoms with Crippen molar-refractivity contribution in [2.75, 3.05) is 29.4 Å². The fourth-order valence-corrected chi connectivity index (χ4v) is 4.55. The molecule has 0 saturated carbocycles. The maximum absolute atomic E-state index is 13.9. The van der Waals surface area contributed by atoms with E-state index in [-0.39, 0.29) is 28.6 Å². The molecule has 0 saturated heterocycles. The first-order valence-corrected chi connectivity index (χ1v) is 11.0. The van der Waals surface area contributed by atoms with Crippen molar-refractivity contribution in [3.05, 3.63) is 78.4 Å². The molecule has 1 N–H and O–H groups in total. The van der Waals surface area contributed by atoms with Crippen LogP contribution >= 0.6 is 0 Å². The van der Waals surface area contributed by atoms with Gasteiger partial charge < -0.3 is 14.8 Å². The molecule has 0 aliphatic carbocycles. The van der Waals surface area contributed by atoms with E-state index < -0.39 is 34.1 Å². The standard InChI is InChI=1S/C22H18F2N2O5S/c23-15-4-6-17(7-5-15)25-22(27)14-26(18-3-1-2-16(24)12-18)32(28,29)19-8-9-20-21(13-19)31-11-10-30-20/h1-9,12-13H,10-11,14H2,(H,25,27). The van der Waals surface area contributed by atoms with Gasteiger partial charge in [-0.1, -0.05) is 6.07 Å². The average Bonchev–Trinajstić information content (AvgIpc) is 2.78. The third-order valence-electron chi connectivity index (χ3n) is 4.61. The second kappa shape index (κ2) is 8.83. The quantitative estimate of drug-likeness (QED) is 0.608. The Hall–Kier alpha value is -3.66. The Morgan fingerprint density at radius 2 is 1.62 bits per heavy atom. The molecule has 7 nitrogen and oxygen atoms in total. The monoisotopic (exact) mass is 460 g/mol. The van der Waals surface area contributed by atoms with E-state index in [0.717, 1.165) is 28.6 Å². The maximum Gasteiger partial charge on any atom is 0.264 e. The highest BCUT2D eigenvalue weighted by Crippen LogP contribution is 2.34. The summed E-state index contributed by atoms with van der Waals surface area (Å²) in [6.45, 7) is -0.0279. The molecule has 3 aromatic carbocycles. The smallest absolute Gasteiger partial charge is 0.264 e. The van der Waals surface area contributed by atoms with Crippen molar-refractivity contribution in [3.63, 3.8) is 0 Å². The van der Waals surface area contributed by atoms with Crippen LogP contribution < -0.4 is 19.1 Å². The summed E-state index contributed by atoms with van der Waals surface area (Å²) in [5.41, 5.74) is 0.251. The molecule has 3 aromatic rings. The Bertz CT molecular complexity index is 1250. The number of benzene rings is 3. The van der Waals surface area contributed by atoms with Crippen LogP contribution in [0.15, 0.2) is 71.6 Å². The zero-order valence-electron chi connectivity index (χ0n) is 16.6. The van der Waals surface area contributed by atoms with Crippen LogP contribution in [0.25, 0.3) is 0 Å². The van der Waals surface area contributed by atoms with E-state index in [1.165, 1.54) is 42.5 Å². The molecule has 10 heteroatoms. The van der Waals surface area contributed by atoms with E-state index in [9.17, 15) is 22.0 Å². The largest absolute Gasteiger partial charge is 0.486 e. The van der Waals surface area contributed by atoms with Crippen LogP contribution in [0.4, 0.5) is 20.2 Å². The van der Waals surface area contributed by atoms with Gasteiger partial charge in [-0.25, -0.2) is 17.2 Å².